The number of urea groups is 1. The van der Waals surface area contributed by atoms with E-state index in [0.717, 1.165) is 25.2 Å². The summed E-state index contributed by atoms with van der Waals surface area (Å²) in [5.41, 5.74) is 1.40. The van der Waals surface area contributed by atoms with E-state index in [2.05, 4.69) is 70.4 Å². The molecule has 3 fully saturated rings. The van der Waals surface area contributed by atoms with Gasteiger partial charge in [0.25, 0.3) is 0 Å². The lowest BCUT2D eigenvalue weighted by molar-refractivity contribution is -0.0874. The summed E-state index contributed by atoms with van der Waals surface area (Å²) in [6, 6.07) is -0.00893. The first-order valence-corrected chi connectivity index (χ1v) is 14.6. The van der Waals surface area contributed by atoms with Crippen LogP contribution in [-0.2, 0) is 0 Å². The molecule has 4 aliphatic carbocycles. The summed E-state index contributed by atoms with van der Waals surface area (Å²) in [7, 11) is 0. The van der Waals surface area contributed by atoms with Crippen molar-refractivity contribution in [3.05, 3.63) is 23.9 Å². The molecule has 2 amide bonds. The first-order valence-electron chi connectivity index (χ1n) is 14.2. The second kappa shape index (κ2) is 8.56. The Labute approximate surface area is 212 Å². The van der Waals surface area contributed by atoms with E-state index in [9.17, 15) is 4.79 Å². The fraction of sp³-hybridized carbons (Fsp3) is 0.833. The molecule has 1 heterocycles. The van der Waals surface area contributed by atoms with Gasteiger partial charge in [0.1, 0.15) is 0 Å². The van der Waals surface area contributed by atoms with E-state index in [1.165, 1.54) is 37.8 Å². The van der Waals surface area contributed by atoms with Crippen LogP contribution in [0.25, 0.3) is 0 Å². The van der Waals surface area contributed by atoms with Gasteiger partial charge in [-0.1, -0.05) is 53.7 Å². The quantitative estimate of drug-likeness (QED) is 0.303. The zero-order valence-corrected chi connectivity index (χ0v) is 23.0. The van der Waals surface area contributed by atoms with Crippen LogP contribution in [-0.4, -0.2) is 16.9 Å². The fourth-order valence-electron chi connectivity index (χ4n) is 9.65. The number of allylic oxidation sites excluding steroid dienone is 3. The molecular formula is C30H47ClN2O. The SMILES string of the molecule is CC[C@H](/C=C/[C@@H](C)[C@H]1CC[C@H]2[C@@H]3C4=C[C@]5(C[C@@H](Cl)CC[C@]5(C)[C@H]3CC[C@]12C)NC(=O)N4)C(C)C. The molecule has 0 aromatic heterocycles. The number of nitrogens with one attached hydrogen (secondary N) is 2. The summed E-state index contributed by atoms with van der Waals surface area (Å²) < 4.78 is 0. The van der Waals surface area contributed by atoms with Crippen LogP contribution in [0.15, 0.2) is 23.9 Å². The van der Waals surface area contributed by atoms with E-state index in [1.807, 2.05) is 0 Å². The van der Waals surface area contributed by atoms with Gasteiger partial charge in [-0.15, -0.1) is 11.6 Å². The summed E-state index contributed by atoms with van der Waals surface area (Å²) in [4.78, 5) is 12.9. The summed E-state index contributed by atoms with van der Waals surface area (Å²) in [5.74, 6) is 4.50. The number of amides is 2. The van der Waals surface area contributed by atoms with Crippen molar-refractivity contribution in [2.24, 2.45) is 52.3 Å². The largest absolute Gasteiger partial charge is 0.328 e. The van der Waals surface area contributed by atoms with Crippen molar-refractivity contribution in [2.75, 3.05) is 0 Å². The van der Waals surface area contributed by atoms with E-state index >= 15 is 0 Å². The lowest BCUT2D eigenvalue weighted by Gasteiger charge is -2.66. The van der Waals surface area contributed by atoms with Gasteiger partial charge < -0.3 is 10.6 Å². The van der Waals surface area contributed by atoms with Gasteiger partial charge in [0.05, 0.1) is 5.54 Å². The molecule has 5 aliphatic rings. The molecule has 2 N–H and O–H groups in total. The van der Waals surface area contributed by atoms with E-state index in [4.69, 9.17) is 11.6 Å². The highest BCUT2D eigenvalue weighted by atomic mass is 35.5. The third-order valence-corrected chi connectivity index (χ3v) is 12.1. The maximum Gasteiger partial charge on any atom is 0.319 e. The molecule has 34 heavy (non-hydrogen) atoms. The Balaban J connectivity index is 1.46. The third kappa shape index (κ3) is 3.53. The Morgan fingerprint density at radius 3 is 2.56 bits per heavy atom. The predicted molar refractivity (Wildman–Crippen MR) is 142 cm³/mol. The molecule has 3 nitrogen and oxygen atoms in total. The first-order chi connectivity index (χ1) is 16.0. The zero-order chi connectivity index (χ0) is 24.5. The second-order valence-electron chi connectivity index (χ2n) is 13.4. The number of carbonyl (C=O) groups excluding carboxylic acids is 1. The third-order valence-electron chi connectivity index (χ3n) is 11.7. The van der Waals surface area contributed by atoms with Gasteiger partial charge in [0.15, 0.2) is 0 Å². The monoisotopic (exact) mass is 486 g/mol. The average molecular weight is 487 g/mol. The van der Waals surface area contributed by atoms with Crippen LogP contribution in [0.2, 0.25) is 0 Å². The van der Waals surface area contributed by atoms with E-state index in [-0.39, 0.29) is 22.4 Å². The summed E-state index contributed by atoms with van der Waals surface area (Å²) in [6.07, 6.45) is 17.0. The standard InChI is InChI=1S/C30H47ClN2O/c1-7-20(18(2)3)9-8-19(4)22-10-11-23-26-24(13-14-28(22,23)5)29(6)15-12-21(31)16-30(29)17-25(26)32-27(34)33-30/h8-9,17-24,26H,7,10-16H2,1-6H3,(H2,32,33,34)/b9-8+/t19-,20-,21+,22-,23+,24+,26+,28-,29-,30+/m1/s1. The molecule has 2 bridgehead atoms. The summed E-state index contributed by atoms with van der Waals surface area (Å²) >= 11 is 6.70. The van der Waals surface area contributed by atoms with E-state index < -0.39 is 0 Å². The van der Waals surface area contributed by atoms with Gasteiger partial charge in [-0.25, -0.2) is 4.79 Å². The van der Waals surface area contributed by atoms with Gasteiger partial charge in [0.2, 0.25) is 0 Å². The number of fused-ring (bicyclic) bond motifs is 5. The van der Waals surface area contributed by atoms with Crippen molar-refractivity contribution in [2.45, 2.75) is 104 Å². The van der Waals surface area contributed by atoms with Crippen molar-refractivity contribution in [1.29, 1.82) is 0 Å². The van der Waals surface area contributed by atoms with E-state index in [0.29, 0.717) is 40.9 Å². The second-order valence-corrected chi connectivity index (χ2v) is 14.1. The minimum absolute atomic E-state index is 0.00893. The van der Waals surface area contributed by atoms with Gasteiger partial charge in [-0.2, -0.15) is 0 Å². The predicted octanol–water partition coefficient (Wildman–Crippen LogP) is 7.67. The number of hydrogen-bond acceptors (Lipinski definition) is 1. The van der Waals surface area contributed by atoms with Crippen LogP contribution in [0.5, 0.6) is 0 Å². The molecule has 10 atom stereocenters. The molecule has 190 valence electrons. The highest BCUT2D eigenvalue weighted by molar-refractivity contribution is 6.20. The lowest BCUT2D eigenvalue weighted by atomic mass is 9.43. The molecule has 4 heteroatoms. The van der Waals surface area contributed by atoms with Crippen LogP contribution < -0.4 is 10.6 Å². The van der Waals surface area contributed by atoms with Crippen molar-refractivity contribution in [3.63, 3.8) is 0 Å². The number of alkyl halides is 1. The summed E-state index contributed by atoms with van der Waals surface area (Å²) in [5, 5.41) is 6.83. The van der Waals surface area contributed by atoms with E-state index in [1.54, 1.807) is 0 Å². The Kier molecular flexibility index (Phi) is 6.23. The highest BCUT2D eigenvalue weighted by Gasteiger charge is 2.66. The normalized spacial score (nSPS) is 47.2. The fourth-order valence-corrected chi connectivity index (χ4v) is 10.0. The van der Waals surface area contributed by atoms with Crippen LogP contribution in [0.4, 0.5) is 4.79 Å². The minimum atomic E-state index is -0.274. The highest BCUT2D eigenvalue weighted by Crippen LogP contribution is 2.69. The van der Waals surface area contributed by atoms with Crippen molar-refractivity contribution in [3.8, 4) is 0 Å². The Morgan fingerprint density at radius 1 is 1.09 bits per heavy atom. The first kappa shape index (κ1) is 24.7. The molecule has 0 aromatic rings. The molecule has 1 aliphatic heterocycles. The molecule has 3 saturated carbocycles. The van der Waals surface area contributed by atoms with Crippen LogP contribution in [0.1, 0.15) is 92.9 Å². The maximum absolute atomic E-state index is 12.9. The van der Waals surface area contributed by atoms with Crippen LogP contribution in [0, 0.1) is 52.3 Å². The van der Waals surface area contributed by atoms with Crippen molar-refractivity contribution < 1.29 is 4.79 Å². The van der Waals surface area contributed by atoms with Crippen molar-refractivity contribution >= 4 is 17.6 Å². The minimum Gasteiger partial charge on any atom is -0.328 e. The van der Waals surface area contributed by atoms with Crippen molar-refractivity contribution in [1.82, 2.24) is 10.6 Å². The summed E-state index contributed by atoms with van der Waals surface area (Å²) in [6.45, 7) is 14.5. The van der Waals surface area contributed by atoms with Gasteiger partial charge in [0, 0.05) is 17.0 Å². The average Bonchev–Trinajstić information content (AvgIpc) is 3.12. The zero-order valence-electron chi connectivity index (χ0n) is 22.3. The number of hydrogen-bond donors (Lipinski definition) is 2. The number of carbonyl (C=O) groups is 1. The smallest absolute Gasteiger partial charge is 0.319 e. The molecule has 0 aromatic carbocycles. The molecule has 5 rings (SSSR count). The van der Waals surface area contributed by atoms with Gasteiger partial charge >= 0.3 is 6.03 Å². The maximum atomic E-state index is 12.9. The number of rotatable bonds is 5. The Hall–Kier alpha value is -0.960. The Morgan fingerprint density at radius 2 is 1.85 bits per heavy atom. The Bertz CT molecular complexity index is 881. The van der Waals surface area contributed by atoms with Gasteiger partial charge in [-0.05, 0) is 104 Å². The topological polar surface area (TPSA) is 41.1 Å². The van der Waals surface area contributed by atoms with Crippen LogP contribution in [0.3, 0.4) is 0 Å². The molecule has 0 radical (unpaired) electrons. The molecule has 1 spiro atoms. The molecule has 0 unspecified atom stereocenters. The molecule has 0 saturated heterocycles. The lowest BCUT2D eigenvalue weighted by Crippen LogP contribution is -2.72. The van der Waals surface area contributed by atoms with Crippen LogP contribution >= 0.6 is 11.6 Å². The van der Waals surface area contributed by atoms with Gasteiger partial charge in [-0.3, -0.25) is 0 Å². The number of halogens is 1. The molecular weight excluding hydrogens is 440 g/mol.